The van der Waals surface area contributed by atoms with Crippen LogP contribution in [0.4, 0.5) is 5.69 Å². The molecule has 2 aromatic carbocycles. The van der Waals surface area contributed by atoms with Crippen LogP contribution in [-0.2, 0) is 16.6 Å². The third-order valence-electron chi connectivity index (χ3n) is 4.56. The van der Waals surface area contributed by atoms with Crippen molar-refractivity contribution in [3.8, 4) is 5.75 Å². The van der Waals surface area contributed by atoms with Crippen molar-refractivity contribution in [2.24, 2.45) is 0 Å². The van der Waals surface area contributed by atoms with E-state index < -0.39 is 33.2 Å². The molecule has 1 aromatic heterocycles. The van der Waals surface area contributed by atoms with E-state index in [0.29, 0.717) is 11.3 Å². The van der Waals surface area contributed by atoms with Crippen LogP contribution in [0.25, 0.3) is 0 Å². The Hall–Kier alpha value is -3.96. The van der Waals surface area contributed by atoms with Crippen molar-refractivity contribution in [3.63, 3.8) is 0 Å². The number of pyridine rings is 1. The number of sulfonamides is 1. The van der Waals surface area contributed by atoms with Crippen molar-refractivity contribution < 1.29 is 33.1 Å². The Labute approximate surface area is 183 Å². The minimum absolute atomic E-state index is 0.155. The molecule has 0 saturated heterocycles. The highest BCUT2D eigenvalue weighted by atomic mass is 32.2. The number of carbonyl (C=O) groups excluding carboxylic acids is 1. The van der Waals surface area contributed by atoms with E-state index in [-0.39, 0.29) is 17.0 Å². The Morgan fingerprint density at radius 2 is 1.75 bits per heavy atom. The molecule has 3 aromatic rings. The number of aromatic nitrogens is 1. The molecule has 11 heteroatoms. The number of ether oxygens (including phenoxy) is 1. The maximum absolute atomic E-state index is 13.7. The number of hydroxylamine groups is 1. The molecule has 32 heavy (non-hydrogen) atoms. The van der Waals surface area contributed by atoms with Gasteiger partial charge in [0.1, 0.15) is 5.75 Å². The van der Waals surface area contributed by atoms with Crippen LogP contribution in [0.3, 0.4) is 0 Å². The molecule has 0 unspecified atom stereocenters. The van der Waals surface area contributed by atoms with Crippen LogP contribution < -0.4 is 14.5 Å². The minimum atomic E-state index is -4.37. The number of para-hydroxylation sites is 1. The van der Waals surface area contributed by atoms with Crippen LogP contribution in [0, 0.1) is 0 Å². The Balaban J connectivity index is 2.28. The first-order chi connectivity index (χ1) is 15.3. The van der Waals surface area contributed by atoms with Gasteiger partial charge in [0.15, 0.2) is 0 Å². The zero-order valence-electron chi connectivity index (χ0n) is 16.8. The average Bonchev–Trinajstić information content (AvgIpc) is 2.82. The normalized spacial score (nSPS) is 10.9. The van der Waals surface area contributed by atoms with Gasteiger partial charge in [-0.2, -0.15) is 0 Å². The van der Waals surface area contributed by atoms with Crippen molar-refractivity contribution in [2.45, 2.75) is 11.4 Å². The fourth-order valence-electron chi connectivity index (χ4n) is 3.04. The van der Waals surface area contributed by atoms with E-state index in [4.69, 9.17) is 9.94 Å². The summed E-state index contributed by atoms with van der Waals surface area (Å²) in [5, 5.41) is 18.9. The van der Waals surface area contributed by atoms with E-state index >= 15 is 0 Å². The van der Waals surface area contributed by atoms with E-state index in [1.807, 2.05) is 0 Å². The molecule has 0 saturated carbocycles. The Morgan fingerprint density at radius 1 is 1.06 bits per heavy atom. The molecule has 0 fully saturated rings. The lowest BCUT2D eigenvalue weighted by Gasteiger charge is -2.27. The zero-order chi connectivity index (χ0) is 23.3. The molecule has 0 aliphatic rings. The summed E-state index contributed by atoms with van der Waals surface area (Å²) in [6, 6.07) is 12.4. The molecular formula is C21H19N3O7S. The quantitative estimate of drug-likeness (QED) is 0.345. The summed E-state index contributed by atoms with van der Waals surface area (Å²) in [6.45, 7) is -0.321. The molecule has 3 N–H and O–H groups in total. The summed E-state index contributed by atoms with van der Waals surface area (Å²) in [4.78, 5) is 28.1. The van der Waals surface area contributed by atoms with Gasteiger partial charge in [0.2, 0.25) is 0 Å². The van der Waals surface area contributed by atoms with Gasteiger partial charge in [-0.25, -0.2) is 18.7 Å². The molecule has 10 nitrogen and oxygen atoms in total. The minimum Gasteiger partial charge on any atom is -0.497 e. The second-order valence-corrected chi connectivity index (χ2v) is 8.36. The van der Waals surface area contributed by atoms with Crippen molar-refractivity contribution in [3.05, 3.63) is 83.7 Å². The highest BCUT2D eigenvalue weighted by Gasteiger charge is 2.32. The standard InChI is InChI=1S/C21H19N3O7S/c1-31-15-7-9-16(10-8-15)32(29,30)24(13-14-4-3-11-22-12-14)19-17(20(25)23-28)5-2-6-18(19)21(26)27/h2-12,28H,13H2,1H3,(H,23,25)(H,26,27). The van der Waals surface area contributed by atoms with Crippen LogP contribution in [0.5, 0.6) is 5.75 Å². The lowest BCUT2D eigenvalue weighted by molar-refractivity contribution is 0.0697. The molecule has 1 amide bonds. The Bertz CT molecular complexity index is 1230. The number of anilines is 1. The van der Waals surface area contributed by atoms with E-state index in [1.165, 1.54) is 67.4 Å². The first-order valence-electron chi connectivity index (χ1n) is 9.16. The fraction of sp³-hybridized carbons (Fsp3) is 0.0952. The highest BCUT2D eigenvalue weighted by molar-refractivity contribution is 7.92. The van der Waals surface area contributed by atoms with E-state index in [1.54, 1.807) is 12.1 Å². The molecule has 3 rings (SSSR count). The maximum Gasteiger partial charge on any atom is 0.337 e. The third kappa shape index (κ3) is 4.53. The number of rotatable bonds is 8. The van der Waals surface area contributed by atoms with Gasteiger partial charge in [0.05, 0.1) is 35.4 Å². The Morgan fingerprint density at radius 3 is 2.31 bits per heavy atom. The van der Waals surface area contributed by atoms with E-state index in [9.17, 15) is 23.1 Å². The number of nitrogens with zero attached hydrogens (tertiary/aromatic N) is 2. The first-order valence-corrected chi connectivity index (χ1v) is 10.6. The van der Waals surface area contributed by atoms with E-state index in [2.05, 4.69) is 4.98 Å². The number of aromatic carboxylic acids is 1. The molecule has 0 atom stereocenters. The number of carboxylic acid groups (broad SMARTS) is 1. The molecule has 0 aliphatic carbocycles. The largest absolute Gasteiger partial charge is 0.497 e. The molecule has 0 radical (unpaired) electrons. The number of carboxylic acids is 1. The third-order valence-corrected chi connectivity index (χ3v) is 6.32. The second kappa shape index (κ2) is 9.45. The van der Waals surface area contributed by atoms with Gasteiger partial charge in [-0.05, 0) is 48.0 Å². The predicted molar refractivity (Wildman–Crippen MR) is 113 cm³/mol. The summed E-state index contributed by atoms with van der Waals surface area (Å²) in [7, 11) is -2.94. The summed E-state index contributed by atoms with van der Waals surface area (Å²) in [5.41, 5.74) is 0.701. The number of benzene rings is 2. The zero-order valence-corrected chi connectivity index (χ0v) is 17.6. The van der Waals surface area contributed by atoms with Crippen LogP contribution in [0.1, 0.15) is 26.3 Å². The van der Waals surface area contributed by atoms with Gasteiger partial charge in [-0.3, -0.25) is 19.3 Å². The SMILES string of the molecule is COc1ccc(S(=O)(=O)N(Cc2cccnc2)c2c(C(=O)O)cccc2C(=O)NO)cc1. The average molecular weight is 457 g/mol. The fourth-order valence-corrected chi connectivity index (χ4v) is 4.54. The summed E-state index contributed by atoms with van der Waals surface area (Å²) in [5.74, 6) is -2.09. The van der Waals surface area contributed by atoms with Crippen molar-refractivity contribution in [1.82, 2.24) is 10.5 Å². The smallest absolute Gasteiger partial charge is 0.337 e. The molecule has 0 aliphatic heterocycles. The van der Waals surface area contributed by atoms with Gasteiger partial charge in [0.25, 0.3) is 15.9 Å². The summed E-state index contributed by atoms with van der Waals surface area (Å²) < 4.78 is 33.2. The number of nitrogens with one attached hydrogen (secondary N) is 1. The molecule has 166 valence electrons. The number of methoxy groups -OCH3 is 1. The van der Waals surface area contributed by atoms with Crippen LogP contribution in [0.2, 0.25) is 0 Å². The molecular weight excluding hydrogens is 438 g/mol. The topological polar surface area (TPSA) is 146 Å². The first kappa shape index (κ1) is 22.7. The van der Waals surface area contributed by atoms with Gasteiger partial charge >= 0.3 is 5.97 Å². The van der Waals surface area contributed by atoms with Crippen molar-refractivity contribution >= 4 is 27.6 Å². The van der Waals surface area contributed by atoms with Gasteiger partial charge in [-0.15, -0.1) is 0 Å². The molecule has 0 bridgehead atoms. The van der Waals surface area contributed by atoms with E-state index in [0.717, 1.165) is 4.31 Å². The second-order valence-electron chi connectivity index (χ2n) is 6.50. The van der Waals surface area contributed by atoms with Crippen molar-refractivity contribution in [1.29, 1.82) is 0 Å². The van der Waals surface area contributed by atoms with Crippen LogP contribution in [-0.4, -0.2) is 42.7 Å². The molecule has 0 spiro atoms. The van der Waals surface area contributed by atoms with Gasteiger partial charge < -0.3 is 9.84 Å². The van der Waals surface area contributed by atoms with Crippen LogP contribution >= 0.6 is 0 Å². The summed E-state index contributed by atoms with van der Waals surface area (Å²) in [6.07, 6.45) is 2.92. The van der Waals surface area contributed by atoms with Crippen molar-refractivity contribution in [2.75, 3.05) is 11.4 Å². The number of hydrogen-bond donors (Lipinski definition) is 3. The number of hydrogen-bond acceptors (Lipinski definition) is 7. The lowest BCUT2D eigenvalue weighted by Crippen LogP contribution is -2.34. The molecule has 1 heterocycles. The maximum atomic E-state index is 13.7. The number of carbonyl (C=O) groups is 2. The highest BCUT2D eigenvalue weighted by Crippen LogP contribution is 2.33. The predicted octanol–water partition coefficient (Wildman–Crippen LogP) is 2.30. The van der Waals surface area contributed by atoms with Crippen LogP contribution in [0.15, 0.2) is 71.9 Å². The van der Waals surface area contributed by atoms with Gasteiger partial charge in [0, 0.05) is 12.4 Å². The monoisotopic (exact) mass is 457 g/mol. The van der Waals surface area contributed by atoms with Gasteiger partial charge in [-0.1, -0.05) is 12.1 Å². The summed E-state index contributed by atoms with van der Waals surface area (Å²) >= 11 is 0. The Kier molecular flexibility index (Phi) is 6.71. The lowest BCUT2D eigenvalue weighted by atomic mass is 10.1. The number of amides is 1.